The van der Waals surface area contributed by atoms with E-state index in [1.807, 2.05) is 0 Å². The Morgan fingerprint density at radius 3 is 2.22 bits per heavy atom. The van der Waals surface area contributed by atoms with E-state index in [4.69, 9.17) is 21.1 Å². The molecule has 0 bridgehead atoms. The highest BCUT2D eigenvalue weighted by Crippen LogP contribution is 2.25. The molecule has 2 aliphatic rings. The highest BCUT2D eigenvalue weighted by molar-refractivity contribution is 6.28. The SMILES string of the molecule is Clc1nc(N2CCOCC2)c2ncc(N3CCOCC3)nc2n1. The van der Waals surface area contributed by atoms with Gasteiger partial charge in [-0.15, -0.1) is 0 Å². The Morgan fingerprint density at radius 1 is 0.870 bits per heavy atom. The monoisotopic (exact) mass is 336 g/mol. The molecule has 0 amide bonds. The Bertz CT molecular complexity index is 703. The highest BCUT2D eigenvalue weighted by atomic mass is 35.5. The Morgan fingerprint density at radius 2 is 1.52 bits per heavy atom. The molecule has 2 fully saturated rings. The van der Waals surface area contributed by atoms with E-state index >= 15 is 0 Å². The molecule has 8 nitrogen and oxygen atoms in total. The minimum absolute atomic E-state index is 0.187. The number of morpholine rings is 2. The van der Waals surface area contributed by atoms with Gasteiger partial charge in [-0.1, -0.05) is 0 Å². The van der Waals surface area contributed by atoms with Crippen molar-refractivity contribution in [1.29, 1.82) is 0 Å². The molecular weight excluding hydrogens is 320 g/mol. The maximum atomic E-state index is 6.10. The lowest BCUT2D eigenvalue weighted by molar-refractivity contribution is 0.122. The van der Waals surface area contributed by atoms with E-state index < -0.39 is 0 Å². The average Bonchev–Trinajstić information content (AvgIpc) is 2.62. The second-order valence-corrected chi connectivity index (χ2v) is 5.75. The van der Waals surface area contributed by atoms with Crippen LogP contribution < -0.4 is 9.80 Å². The largest absolute Gasteiger partial charge is 0.378 e. The summed E-state index contributed by atoms with van der Waals surface area (Å²) < 4.78 is 10.8. The summed E-state index contributed by atoms with van der Waals surface area (Å²) in [5.74, 6) is 1.52. The third-order valence-corrected chi connectivity index (χ3v) is 4.16. The molecule has 4 heterocycles. The van der Waals surface area contributed by atoms with Gasteiger partial charge in [-0.3, -0.25) is 0 Å². The van der Waals surface area contributed by atoms with Crippen LogP contribution in [-0.2, 0) is 9.47 Å². The number of nitrogens with zero attached hydrogens (tertiary/aromatic N) is 6. The summed E-state index contributed by atoms with van der Waals surface area (Å²) in [4.78, 5) is 22.1. The Balaban J connectivity index is 1.73. The van der Waals surface area contributed by atoms with Gasteiger partial charge in [-0.05, 0) is 11.6 Å². The number of fused-ring (bicyclic) bond motifs is 1. The van der Waals surface area contributed by atoms with Crippen molar-refractivity contribution in [2.45, 2.75) is 0 Å². The highest BCUT2D eigenvalue weighted by Gasteiger charge is 2.20. The van der Waals surface area contributed by atoms with Gasteiger partial charge in [0.2, 0.25) is 5.28 Å². The predicted octanol–water partition coefficient (Wildman–Crippen LogP) is 0.746. The molecule has 0 aliphatic carbocycles. The molecule has 2 aliphatic heterocycles. The molecule has 0 spiro atoms. The van der Waals surface area contributed by atoms with E-state index in [9.17, 15) is 0 Å². The fourth-order valence-corrected chi connectivity index (χ4v) is 2.96. The normalized spacial score (nSPS) is 19.3. The van der Waals surface area contributed by atoms with E-state index in [1.54, 1.807) is 6.20 Å². The summed E-state index contributed by atoms with van der Waals surface area (Å²) in [6, 6.07) is 0. The van der Waals surface area contributed by atoms with Crippen LogP contribution in [0, 0.1) is 0 Å². The number of ether oxygens (including phenoxy) is 2. The van der Waals surface area contributed by atoms with E-state index in [-0.39, 0.29) is 5.28 Å². The predicted molar refractivity (Wildman–Crippen MR) is 86.2 cm³/mol. The molecule has 122 valence electrons. The molecule has 2 aromatic rings. The van der Waals surface area contributed by atoms with Gasteiger partial charge in [0.1, 0.15) is 5.82 Å². The van der Waals surface area contributed by atoms with Crippen LogP contribution in [0.25, 0.3) is 11.2 Å². The summed E-state index contributed by atoms with van der Waals surface area (Å²) in [5.41, 5.74) is 1.20. The lowest BCUT2D eigenvalue weighted by Gasteiger charge is -2.29. The smallest absolute Gasteiger partial charge is 0.226 e. The second-order valence-electron chi connectivity index (χ2n) is 5.42. The van der Waals surface area contributed by atoms with Crippen LogP contribution in [0.1, 0.15) is 0 Å². The van der Waals surface area contributed by atoms with E-state index in [2.05, 4.69) is 29.7 Å². The van der Waals surface area contributed by atoms with Crippen molar-refractivity contribution in [3.8, 4) is 0 Å². The van der Waals surface area contributed by atoms with Gasteiger partial charge in [-0.2, -0.15) is 9.97 Å². The molecule has 0 unspecified atom stereocenters. The third kappa shape index (κ3) is 3.01. The first kappa shape index (κ1) is 14.8. The molecule has 2 aromatic heterocycles. The number of hydrogen-bond donors (Lipinski definition) is 0. The van der Waals surface area contributed by atoms with Gasteiger partial charge in [-0.25, -0.2) is 9.97 Å². The van der Waals surface area contributed by atoms with Gasteiger partial charge >= 0.3 is 0 Å². The van der Waals surface area contributed by atoms with E-state index in [1.165, 1.54) is 0 Å². The third-order valence-electron chi connectivity index (χ3n) is 4.00. The van der Waals surface area contributed by atoms with Crippen LogP contribution in [0.15, 0.2) is 6.20 Å². The van der Waals surface area contributed by atoms with Crippen molar-refractivity contribution in [3.05, 3.63) is 11.5 Å². The van der Waals surface area contributed by atoms with Gasteiger partial charge in [0.05, 0.1) is 32.6 Å². The van der Waals surface area contributed by atoms with Crippen molar-refractivity contribution >= 4 is 34.4 Å². The molecule has 0 radical (unpaired) electrons. The van der Waals surface area contributed by atoms with Gasteiger partial charge in [0.25, 0.3) is 0 Å². The number of halogens is 1. The Hall–Kier alpha value is -1.77. The molecule has 9 heteroatoms. The van der Waals surface area contributed by atoms with Crippen molar-refractivity contribution in [2.24, 2.45) is 0 Å². The maximum Gasteiger partial charge on any atom is 0.226 e. The zero-order valence-electron chi connectivity index (χ0n) is 12.6. The first-order chi connectivity index (χ1) is 11.3. The van der Waals surface area contributed by atoms with Crippen LogP contribution in [-0.4, -0.2) is 72.5 Å². The lowest BCUT2D eigenvalue weighted by atomic mass is 10.3. The van der Waals surface area contributed by atoms with Gasteiger partial charge in [0, 0.05) is 26.2 Å². The van der Waals surface area contributed by atoms with Crippen LogP contribution in [0.5, 0.6) is 0 Å². The molecule has 0 N–H and O–H groups in total. The fourth-order valence-electron chi connectivity index (χ4n) is 2.80. The summed E-state index contributed by atoms with van der Waals surface area (Å²) in [5, 5.41) is 0.187. The second kappa shape index (κ2) is 6.38. The van der Waals surface area contributed by atoms with E-state index in [0.717, 1.165) is 37.8 Å². The van der Waals surface area contributed by atoms with E-state index in [0.29, 0.717) is 37.6 Å². The molecule has 0 saturated carbocycles. The molecular formula is C14H17ClN6O2. The van der Waals surface area contributed by atoms with Crippen molar-refractivity contribution in [3.63, 3.8) is 0 Å². The Kier molecular flexibility index (Phi) is 4.11. The summed E-state index contributed by atoms with van der Waals surface area (Å²) in [7, 11) is 0. The summed E-state index contributed by atoms with van der Waals surface area (Å²) >= 11 is 6.10. The first-order valence-electron chi connectivity index (χ1n) is 7.67. The van der Waals surface area contributed by atoms with Crippen molar-refractivity contribution < 1.29 is 9.47 Å². The molecule has 0 aromatic carbocycles. The number of aromatic nitrogens is 4. The summed E-state index contributed by atoms with van der Waals surface area (Å²) in [6.07, 6.45) is 1.77. The minimum Gasteiger partial charge on any atom is -0.378 e. The van der Waals surface area contributed by atoms with Gasteiger partial charge in [0.15, 0.2) is 17.0 Å². The topological polar surface area (TPSA) is 76.5 Å². The molecule has 4 rings (SSSR count). The van der Waals surface area contributed by atoms with Crippen LogP contribution in [0.4, 0.5) is 11.6 Å². The molecule has 2 saturated heterocycles. The zero-order valence-corrected chi connectivity index (χ0v) is 13.4. The van der Waals surface area contributed by atoms with Crippen LogP contribution in [0.2, 0.25) is 5.28 Å². The maximum absolute atomic E-state index is 6.10. The average molecular weight is 337 g/mol. The standard InChI is InChI=1S/C14H17ClN6O2/c15-14-18-12-11(13(19-14)21-3-7-23-8-4-21)16-9-10(17-12)20-1-5-22-6-2-20/h9H,1-8H2. The quantitative estimate of drug-likeness (QED) is 0.743. The van der Waals surface area contributed by atoms with Crippen LogP contribution >= 0.6 is 11.6 Å². The number of rotatable bonds is 2. The first-order valence-corrected chi connectivity index (χ1v) is 8.05. The van der Waals surface area contributed by atoms with Gasteiger partial charge < -0.3 is 19.3 Å². The molecule has 0 atom stereocenters. The minimum atomic E-state index is 0.187. The molecule has 23 heavy (non-hydrogen) atoms. The zero-order chi connectivity index (χ0) is 15.6. The lowest BCUT2D eigenvalue weighted by Crippen LogP contribution is -2.37. The van der Waals surface area contributed by atoms with Crippen molar-refractivity contribution in [2.75, 3.05) is 62.4 Å². The number of hydrogen-bond acceptors (Lipinski definition) is 8. The fraction of sp³-hybridized carbons (Fsp3) is 0.571. The van der Waals surface area contributed by atoms with Crippen LogP contribution in [0.3, 0.4) is 0 Å². The Labute approximate surface area is 138 Å². The number of anilines is 2. The summed E-state index contributed by atoms with van der Waals surface area (Å²) in [6.45, 7) is 5.85. The van der Waals surface area contributed by atoms with Crippen molar-refractivity contribution in [1.82, 2.24) is 19.9 Å².